The largest absolute Gasteiger partial charge is 0.379 e. The van der Waals surface area contributed by atoms with Gasteiger partial charge in [0.25, 0.3) is 5.82 Å². The SMILES string of the molecule is O=S(=O)(c1ccc(N2CC[NH+](Cc3ccccc3)CC2)[nH+]c1)N1CCOCC1. The Hall–Kier alpha value is -2.00. The first-order valence-corrected chi connectivity index (χ1v) is 11.3. The summed E-state index contributed by atoms with van der Waals surface area (Å²) in [6.07, 6.45) is 1.61. The lowest BCUT2D eigenvalue weighted by molar-refractivity contribution is -0.914. The third-order valence-electron chi connectivity index (χ3n) is 5.48. The minimum atomic E-state index is -3.45. The minimum Gasteiger partial charge on any atom is -0.379 e. The fourth-order valence-corrected chi connectivity index (χ4v) is 5.20. The fourth-order valence-electron chi connectivity index (χ4n) is 3.82. The first-order valence-electron chi connectivity index (χ1n) is 9.85. The molecule has 0 atom stereocenters. The van der Waals surface area contributed by atoms with E-state index in [4.69, 9.17) is 4.74 Å². The molecular formula is C20H28N4O3S+2. The highest BCUT2D eigenvalue weighted by atomic mass is 32.2. The molecule has 2 aromatic rings. The topological polar surface area (TPSA) is 68.4 Å². The first kappa shape index (κ1) is 19.3. The van der Waals surface area contributed by atoms with Crippen molar-refractivity contribution in [3.05, 3.63) is 54.2 Å². The van der Waals surface area contributed by atoms with Gasteiger partial charge in [-0.05, 0) is 6.07 Å². The summed E-state index contributed by atoms with van der Waals surface area (Å²) in [4.78, 5) is 7.38. The van der Waals surface area contributed by atoms with Gasteiger partial charge in [-0.2, -0.15) is 4.31 Å². The Labute approximate surface area is 166 Å². The number of ether oxygens (including phenoxy) is 1. The van der Waals surface area contributed by atoms with Crippen LogP contribution in [0.2, 0.25) is 0 Å². The molecule has 2 aliphatic heterocycles. The quantitative estimate of drug-likeness (QED) is 0.725. The average Bonchev–Trinajstić information content (AvgIpc) is 2.76. The van der Waals surface area contributed by atoms with Crippen molar-refractivity contribution >= 4 is 15.8 Å². The van der Waals surface area contributed by atoms with Crippen LogP contribution in [-0.4, -0.2) is 65.2 Å². The van der Waals surface area contributed by atoms with Gasteiger partial charge >= 0.3 is 0 Å². The number of H-pyrrole nitrogens is 1. The Bertz CT molecular complexity index is 860. The van der Waals surface area contributed by atoms with Crippen LogP contribution in [0.3, 0.4) is 0 Å². The van der Waals surface area contributed by atoms with Crippen molar-refractivity contribution in [1.29, 1.82) is 0 Å². The van der Waals surface area contributed by atoms with Crippen LogP contribution >= 0.6 is 0 Å². The highest BCUT2D eigenvalue weighted by molar-refractivity contribution is 7.89. The maximum Gasteiger partial charge on any atom is 0.274 e. The van der Waals surface area contributed by atoms with Crippen LogP contribution in [0.1, 0.15) is 5.56 Å². The smallest absolute Gasteiger partial charge is 0.274 e. The Morgan fingerprint density at radius 2 is 1.68 bits per heavy atom. The standard InChI is InChI=1S/C20H26N4O3S/c25-28(26,24-12-14-27-15-13-24)19-6-7-20(21-16-19)23-10-8-22(9-11-23)17-18-4-2-1-3-5-18/h1-7,16H,8-15,17H2/p+2. The van der Waals surface area contributed by atoms with Gasteiger partial charge in [-0.3, -0.25) is 4.90 Å². The van der Waals surface area contributed by atoms with Gasteiger partial charge in [-0.1, -0.05) is 30.3 Å². The number of hydrogen-bond acceptors (Lipinski definition) is 4. The minimum absolute atomic E-state index is 0.312. The summed E-state index contributed by atoms with van der Waals surface area (Å²) in [5, 5.41) is 0. The second-order valence-electron chi connectivity index (χ2n) is 7.33. The molecule has 1 aromatic carbocycles. The van der Waals surface area contributed by atoms with E-state index in [9.17, 15) is 8.42 Å². The summed E-state index contributed by atoms with van der Waals surface area (Å²) < 4.78 is 32.2. The van der Waals surface area contributed by atoms with Crippen molar-refractivity contribution < 1.29 is 23.0 Å². The second kappa shape index (κ2) is 8.57. The Kier molecular flexibility index (Phi) is 5.91. The van der Waals surface area contributed by atoms with Crippen molar-refractivity contribution in [1.82, 2.24) is 4.31 Å². The van der Waals surface area contributed by atoms with Crippen LogP contribution in [0.5, 0.6) is 0 Å². The number of pyridine rings is 1. The van der Waals surface area contributed by atoms with Gasteiger partial charge in [0, 0.05) is 24.7 Å². The predicted octanol–water partition coefficient (Wildman–Crippen LogP) is -0.573. The van der Waals surface area contributed by atoms with Crippen LogP contribution in [0.15, 0.2) is 53.6 Å². The van der Waals surface area contributed by atoms with Crippen molar-refractivity contribution in [2.75, 3.05) is 57.4 Å². The zero-order chi connectivity index (χ0) is 19.4. The first-order chi connectivity index (χ1) is 13.6. The third kappa shape index (κ3) is 4.35. The van der Waals surface area contributed by atoms with Gasteiger partial charge in [0.15, 0.2) is 0 Å². The molecule has 0 spiro atoms. The molecule has 0 bridgehead atoms. The van der Waals surface area contributed by atoms with Gasteiger partial charge in [0.05, 0.1) is 13.2 Å². The zero-order valence-corrected chi connectivity index (χ0v) is 16.8. The predicted molar refractivity (Wildman–Crippen MR) is 106 cm³/mol. The summed E-state index contributed by atoms with van der Waals surface area (Å²) in [5.74, 6) is 0.972. The molecule has 0 amide bonds. The third-order valence-corrected chi connectivity index (χ3v) is 7.38. The molecular weight excluding hydrogens is 376 g/mol. The Balaban J connectivity index is 1.36. The van der Waals surface area contributed by atoms with Gasteiger partial charge in [0.2, 0.25) is 10.0 Å². The number of anilines is 1. The zero-order valence-electron chi connectivity index (χ0n) is 16.0. The maximum absolute atomic E-state index is 12.7. The number of nitrogens with one attached hydrogen (secondary N) is 2. The van der Waals surface area contributed by atoms with E-state index in [1.165, 1.54) is 9.87 Å². The Morgan fingerprint density at radius 1 is 0.964 bits per heavy atom. The molecule has 150 valence electrons. The molecule has 2 fully saturated rings. The average molecular weight is 405 g/mol. The van der Waals surface area contributed by atoms with Crippen molar-refractivity contribution in [2.45, 2.75) is 11.4 Å². The summed E-state index contributed by atoms with van der Waals surface area (Å²) in [6.45, 7) is 6.82. The summed E-state index contributed by atoms with van der Waals surface area (Å²) in [7, 11) is -3.45. The van der Waals surface area contributed by atoms with Crippen LogP contribution in [0.25, 0.3) is 0 Å². The molecule has 4 rings (SSSR count). The number of nitrogens with zero attached hydrogens (tertiary/aromatic N) is 2. The van der Waals surface area contributed by atoms with Crippen LogP contribution in [-0.2, 0) is 21.3 Å². The van der Waals surface area contributed by atoms with Gasteiger partial charge < -0.3 is 9.64 Å². The van der Waals surface area contributed by atoms with E-state index in [-0.39, 0.29) is 0 Å². The van der Waals surface area contributed by atoms with Gasteiger partial charge in [0.1, 0.15) is 43.8 Å². The van der Waals surface area contributed by atoms with E-state index in [1.807, 2.05) is 6.07 Å². The molecule has 0 radical (unpaired) electrons. The van der Waals surface area contributed by atoms with E-state index < -0.39 is 10.0 Å². The van der Waals surface area contributed by atoms with Crippen LogP contribution in [0.4, 0.5) is 5.82 Å². The number of rotatable bonds is 5. The monoisotopic (exact) mass is 404 g/mol. The van der Waals surface area contributed by atoms with E-state index >= 15 is 0 Å². The van der Waals surface area contributed by atoms with E-state index in [0.717, 1.165) is 38.5 Å². The molecule has 0 saturated carbocycles. The lowest BCUT2D eigenvalue weighted by Crippen LogP contribution is -3.13. The molecule has 2 saturated heterocycles. The number of quaternary nitrogens is 1. The highest BCUT2D eigenvalue weighted by Crippen LogP contribution is 2.17. The van der Waals surface area contributed by atoms with Crippen LogP contribution < -0.4 is 14.8 Å². The van der Waals surface area contributed by atoms with Crippen LogP contribution in [0, 0.1) is 0 Å². The summed E-state index contributed by atoms with van der Waals surface area (Å²) >= 11 is 0. The molecule has 28 heavy (non-hydrogen) atoms. The number of sulfonamides is 1. The Morgan fingerprint density at radius 3 is 2.32 bits per heavy atom. The van der Waals surface area contributed by atoms with Gasteiger partial charge in [-0.25, -0.2) is 13.4 Å². The molecule has 3 heterocycles. The van der Waals surface area contributed by atoms with Gasteiger partial charge in [-0.15, -0.1) is 0 Å². The number of hydrogen-bond donors (Lipinski definition) is 1. The van der Waals surface area contributed by atoms with E-state index in [1.54, 1.807) is 17.2 Å². The summed E-state index contributed by atoms with van der Waals surface area (Å²) in [6, 6.07) is 14.2. The number of aromatic amines is 1. The maximum atomic E-state index is 12.7. The number of aromatic nitrogens is 1. The molecule has 8 heteroatoms. The molecule has 0 unspecified atom stereocenters. The van der Waals surface area contributed by atoms with Crippen molar-refractivity contribution in [3.63, 3.8) is 0 Å². The lowest BCUT2D eigenvalue weighted by Gasteiger charge is -2.28. The van der Waals surface area contributed by atoms with Crippen molar-refractivity contribution in [2.24, 2.45) is 0 Å². The molecule has 2 aliphatic rings. The molecule has 7 nitrogen and oxygen atoms in total. The molecule has 0 aliphatic carbocycles. The lowest BCUT2D eigenvalue weighted by atomic mass is 10.2. The number of morpholine rings is 1. The van der Waals surface area contributed by atoms with Crippen molar-refractivity contribution in [3.8, 4) is 0 Å². The molecule has 2 N–H and O–H groups in total. The van der Waals surface area contributed by atoms with E-state index in [2.05, 4.69) is 40.2 Å². The number of benzene rings is 1. The fraction of sp³-hybridized carbons (Fsp3) is 0.450. The highest BCUT2D eigenvalue weighted by Gasteiger charge is 2.29. The summed E-state index contributed by atoms with van der Waals surface area (Å²) in [5.41, 5.74) is 1.37. The second-order valence-corrected chi connectivity index (χ2v) is 9.26. The molecule has 1 aromatic heterocycles. The van der Waals surface area contributed by atoms with E-state index in [0.29, 0.717) is 31.2 Å². The number of piperazine rings is 1. The normalized spacial score (nSPS) is 19.6.